The van der Waals surface area contributed by atoms with Crippen molar-refractivity contribution in [3.63, 3.8) is 0 Å². The van der Waals surface area contributed by atoms with Crippen molar-refractivity contribution in [2.75, 3.05) is 13.7 Å². The van der Waals surface area contributed by atoms with Crippen molar-refractivity contribution in [2.24, 2.45) is 5.41 Å². The molecule has 2 N–H and O–H groups in total. The molecule has 25 heavy (non-hydrogen) atoms. The molecule has 0 spiro atoms. The highest BCUT2D eigenvalue weighted by molar-refractivity contribution is 6.04. The summed E-state index contributed by atoms with van der Waals surface area (Å²) in [6, 6.07) is 7.95. The zero-order valence-electron chi connectivity index (χ0n) is 15.6. The molecule has 0 heterocycles. The molecule has 2 amide bonds. The highest BCUT2D eigenvalue weighted by atomic mass is 16.5. The van der Waals surface area contributed by atoms with E-state index in [9.17, 15) is 9.59 Å². The number of carbonyl (C=O) groups excluding carboxylic acids is 2. The van der Waals surface area contributed by atoms with Gasteiger partial charge in [0.2, 0.25) is 11.8 Å². The minimum absolute atomic E-state index is 0.186. The Morgan fingerprint density at radius 2 is 1.80 bits per heavy atom. The fourth-order valence-corrected chi connectivity index (χ4v) is 3.16. The minimum atomic E-state index is -1.07. The van der Waals surface area contributed by atoms with Gasteiger partial charge in [-0.1, -0.05) is 37.5 Å². The van der Waals surface area contributed by atoms with E-state index in [1.165, 1.54) is 6.42 Å². The van der Waals surface area contributed by atoms with Crippen molar-refractivity contribution in [3.05, 3.63) is 29.8 Å². The molecule has 0 aliphatic heterocycles. The predicted octanol–water partition coefficient (Wildman–Crippen LogP) is 2.83. The van der Waals surface area contributed by atoms with Gasteiger partial charge in [0, 0.05) is 12.6 Å². The molecule has 0 unspecified atom stereocenters. The van der Waals surface area contributed by atoms with E-state index in [4.69, 9.17) is 4.74 Å². The van der Waals surface area contributed by atoms with Gasteiger partial charge in [-0.15, -0.1) is 0 Å². The number of hydrogen-bond donors (Lipinski definition) is 2. The van der Waals surface area contributed by atoms with Crippen LogP contribution in [-0.2, 0) is 16.0 Å². The van der Waals surface area contributed by atoms with Gasteiger partial charge in [0.1, 0.15) is 11.2 Å². The average molecular weight is 346 g/mol. The van der Waals surface area contributed by atoms with Crippen molar-refractivity contribution in [1.29, 1.82) is 0 Å². The van der Waals surface area contributed by atoms with E-state index in [-0.39, 0.29) is 17.9 Å². The number of benzene rings is 1. The lowest BCUT2D eigenvalue weighted by molar-refractivity contribution is -0.141. The molecule has 0 bridgehead atoms. The molecule has 138 valence electrons. The second-order valence-corrected chi connectivity index (χ2v) is 7.25. The highest BCUT2D eigenvalue weighted by Crippen LogP contribution is 2.21. The zero-order chi connectivity index (χ0) is 18.3. The van der Waals surface area contributed by atoms with Gasteiger partial charge in [0.15, 0.2) is 0 Å². The molecular weight excluding hydrogens is 316 g/mol. The number of ether oxygens (including phenoxy) is 1. The van der Waals surface area contributed by atoms with Crippen molar-refractivity contribution < 1.29 is 14.3 Å². The van der Waals surface area contributed by atoms with E-state index in [2.05, 4.69) is 10.6 Å². The molecular formula is C20H30N2O3. The van der Waals surface area contributed by atoms with Crippen LogP contribution in [0.1, 0.15) is 51.5 Å². The van der Waals surface area contributed by atoms with Crippen LogP contribution in [0.15, 0.2) is 24.3 Å². The fraction of sp³-hybridized carbons (Fsp3) is 0.600. The van der Waals surface area contributed by atoms with Gasteiger partial charge in [-0.05, 0) is 44.7 Å². The number of rotatable bonds is 7. The van der Waals surface area contributed by atoms with Crippen LogP contribution in [-0.4, -0.2) is 31.5 Å². The lowest BCUT2D eigenvalue weighted by atomic mass is 9.89. The summed E-state index contributed by atoms with van der Waals surface area (Å²) in [5, 5.41) is 5.93. The number of carbonyl (C=O) groups is 2. The molecule has 2 rings (SSSR count). The zero-order valence-corrected chi connectivity index (χ0v) is 15.6. The van der Waals surface area contributed by atoms with Crippen LogP contribution in [0.5, 0.6) is 5.75 Å². The fourth-order valence-electron chi connectivity index (χ4n) is 3.16. The van der Waals surface area contributed by atoms with Crippen LogP contribution >= 0.6 is 0 Å². The van der Waals surface area contributed by atoms with Crippen molar-refractivity contribution in [2.45, 2.75) is 58.4 Å². The van der Waals surface area contributed by atoms with Gasteiger partial charge >= 0.3 is 0 Å². The molecule has 0 aromatic heterocycles. The van der Waals surface area contributed by atoms with Crippen LogP contribution in [0.4, 0.5) is 0 Å². The molecule has 1 fully saturated rings. The molecule has 1 aliphatic carbocycles. The molecule has 1 aromatic rings. The minimum Gasteiger partial charge on any atom is -0.496 e. The third kappa shape index (κ3) is 5.21. The molecule has 1 saturated carbocycles. The van der Waals surface area contributed by atoms with E-state index in [1.807, 2.05) is 24.3 Å². The van der Waals surface area contributed by atoms with Crippen LogP contribution in [0, 0.1) is 5.41 Å². The standard InChI is InChI=1S/C20H30N2O3/c1-20(2,19(24)22-16-10-5-4-6-11-16)18(23)21-14-13-15-9-7-8-12-17(15)25-3/h7-9,12,16H,4-6,10-11,13-14H2,1-3H3,(H,21,23)(H,22,24). The summed E-state index contributed by atoms with van der Waals surface area (Å²) in [6.45, 7) is 3.84. The Morgan fingerprint density at radius 3 is 2.48 bits per heavy atom. The Labute approximate surface area is 150 Å². The Balaban J connectivity index is 1.84. The third-order valence-electron chi connectivity index (χ3n) is 4.95. The summed E-state index contributed by atoms with van der Waals surface area (Å²) in [6.07, 6.45) is 6.22. The van der Waals surface area contributed by atoms with Crippen LogP contribution in [0.3, 0.4) is 0 Å². The topological polar surface area (TPSA) is 67.4 Å². The summed E-state index contributed by atoms with van der Waals surface area (Å²) in [5.41, 5.74) is -0.0344. The van der Waals surface area contributed by atoms with E-state index in [0.29, 0.717) is 13.0 Å². The number of nitrogens with one attached hydrogen (secondary N) is 2. The molecule has 5 heteroatoms. The van der Waals surface area contributed by atoms with E-state index < -0.39 is 5.41 Å². The van der Waals surface area contributed by atoms with E-state index in [0.717, 1.165) is 37.0 Å². The first kappa shape index (κ1) is 19.3. The van der Waals surface area contributed by atoms with E-state index in [1.54, 1.807) is 21.0 Å². The van der Waals surface area contributed by atoms with Gasteiger partial charge in [-0.2, -0.15) is 0 Å². The molecule has 5 nitrogen and oxygen atoms in total. The average Bonchev–Trinajstić information content (AvgIpc) is 2.62. The normalized spacial score (nSPS) is 15.5. The van der Waals surface area contributed by atoms with Gasteiger partial charge in [-0.25, -0.2) is 0 Å². The quantitative estimate of drug-likeness (QED) is 0.746. The summed E-state index contributed by atoms with van der Waals surface area (Å²) >= 11 is 0. The molecule has 1 aromatic carbocycles. The van der Waals surface area contributed by atoms with Crippen LogP contribution in [0.25, 0.3) is 0 Å². The van der Waals surface area contributed by atoms with Gasteiger partial charge < -0.3 is 15.4 Å². The summed E-state index contributed by atoms with van der Waals surface area (Å²) in [5.74, 6) is 0.385. The first-order chi connectivity index (χ1) is 11.9. The Morgan fingerprint density at radius 1 is 1.12 bits per heavy atom. The summed E-state index contributed by atoms with van der Waals surface area (Å²) in [4.78, 5) is 25.0. The predicted molar refractivity (Wildman–Crippen MR) is 98.5 cm³/mol. The molecule has 0 atom stereocenters. The summed E-state index contributed by atoms with van der Waals surface area (Å²) in [7, 11) is 1.64. The lowest BCUT2D eigenvalue weighted by Crippen LogP contribution is -2.51. The third-order valence-corrected chi connectivity index (χ3v) is 4.95. The van der Waals surface area contributed by atoms with Gasteiger partial charge in [0.05, 0.1) is 7.11 Å². The monoisotopic (exact) mass is 346 g/mol. The SMILES string of the molecule is COc1ccccc1CCNC(=O)C(C)(C)C(=O)NC1CCCCC1. The Hall–Kier alpha value is -2.04. The smallest absolute Gasteiger partial charge is 0.235 e. The largest absolute Gasteiger partial charge is 0.496 e. The Bertz CT molecular complexity index is 592. The lowest BCUT2D eigenvalue weighted by Gasteiger charge is -2.28. The van der Waals surface area contributed by atoms with Crippen molar-refractivity contribution in [3.8, 4) is 5.75 Å². The first-order valence-electron chi connectivity index (χ1n) is 9.16. The highest BCUT2D eigenvalue weighted by Gasteiger charge is 2.36. The van der Waals surface area contributed by atoms with Gasteiger partial charge in [0.25, 0.3) is 0 Å². The maximum Gasteiger partial charge on any atom is 0.235 e. The summed E-state index contributed by atoms with van der Waals surface area (Å²) < 4.78 is 5.32. The van der Waals surface area contributed by atoms with E-state index >= 15 is 0 Å². The van der Waals surface area contributed by atoms with Crippen LogP contribution < -0.4 is 15.4 Å². The second kappa shape index (κ2) is 8.88. The first-order valence-corrected chi connectivity index (χ1v) is 9.16. The number of hydrogen-bond acceptors (Lipinski definition) is 3. The molecule has 0 saturated heterocycles. The number of amides is 2. The van der Waals surface area contributed by atoms with Crippen molar-refractivity contribution >= 4 is 11.8 Å². The number of para-hydroxylation sites is 1. The number of methoxy groups -OCH3 is 1. The molecule has 1 aliphatic rings. The second-order valence-electron chi connectivity index (χ2n) is 7.25. The molecule has 0 radical (unpaired) electrons. The maximum atomic E-state index is 12.5. The van der Waals surface area contributed by atoms with Crippen molar-refractivity contribution in [1.82, 2.24) is 10.6 Å². The maximum absolute atomic E-state index is 12.5. The van der Waals surface area contributed by atoms with Crippen LogP contribution in [0.2, 0.25) is 0 Å². The Kier molecular flexibility index (Phi) is 6.85. The van der Waals surface area contributed by atoms with Gasteiger partial charge in [-0.3, -0.25) is 9.59 Å².